The van der Waals surface area contributed by atoms with Gasteiger partial charge in [-0.15, -0.1) is 0 Å². The number of guanidine groups is 1. The van der Waals surface area contributed by atoms with Crippen LogP contribution >= 0.6 is 0 Å². The first-order chi connectivity index (χ1) is 12.6. The molecule has 1 aromatic carbocycles. The maximum absolute atomic E-state index is 13.1. The van der Waals surface area contributed by atoms with Gasteiger partial charge in [0.25, 0.3) is 0 Å². The van der Waals surface area contributed by atoms with Gasteiger partial charge in [0.15, 0.2) is 11.0 Å². The zero-order valence-corrected chi connectivity index (χ0v) is 16.9. The van der Waals surface area contributed by atoms with Crippen molar-refractivity contribution in [3.63, 3.8) is 0 Å². The quantitative estimate of drug-likeness (QED) is 0.757. The maximum Gasteiger partial charge on any atom is 0.209 e. The highest BCUT2D eigenvalue weighted by Gasteiger charge is 2.30. The van der Waals surface area contributed by atoms with Crippen LogP contribution < -0.4 is 0 Å². The van der Waals surface area contributed by atoms with Gasteiger partial charge in [0.2, 0.25) is 5.96 Å². The van der Waals surface area contributed by atoms with Crippen molar-refractivity contribution in [2.75, 3.05) is 59.5 Å². The van der Waals surface area contributed by atoms with Crippen LogP contribution in [0.25, 0.3) is 0 Å². The van der Waals surface area contributed by atoms with Crippen molar-refractivity contribution in [1.82, 2.24) is 14.1 Å². The third-order valence-corrected chi connectivity index (χ3v) is 6.42. The van der Waals surface area contributed by atoms with Gasteiger partial charge in [-0.1, -0.05) is 26.0 Å². The van der Waals surface area contributed by atoms with Crippen molar-refractivity contribution < 1.29 is 8.95 Å². The molecular weight excluding hydrogens is 348 g/mol. The normalized spacial score (nSPS) is 19.9. The minimum absolute atomic E-state index is 0.482. The number of hydrogen-bond acceptors (Lipinski definition) is 5. The van der Waals surface area contributed by atoms with E-state index in [9.17, 15) is 4.21 Å². The van der Waals surface area contributed by atoms with Gasteiger partial charge in [-0.2, -0.15) is 0 Å². The van der Waals surface area contributed by atoms with E-state index in [2.05, 4.69) is 40.8 Å². The number of hydrogen-bond donors (Lipinski definition) is 0. The lowest BCUT2D eigenvalue weighted by molar-refractivity contribution is 0.118. The van der Waals surface area contributed by atoms with Crippen LogP contribution in [0.4, 0.5) is 0 Å². The second-order valence-corrected chi connectivity index (χ2v) is 8.49. The summed E-state index contributed by atoms with van der Waals surface area (Å²) in [5.74, 6) is 1.37. The number of rotatable bonds is 6. The highest BCUT2D eigenvalue weighted by Crippen LogP contribution is 2.20. The summed E-state index contributed by atoms with van der Waals surface area (Å²) in [6, 6.07) is 8.15. The summed E-state index contributed by atoms with van der Waals surface area (Å²) in [7, 11) is 0.542. The third kappa shape index (κ3) is 4.45. The van der Waals surface area contributed by atoms with Crippen LogP contribution in [-0.4, -0.2) is 83.8 Å². The molecule has 1 saturated heterocycles. The molecule has 0 saturated carbocycles. The van der Waals surface area contributed by atoms with E-state index in [1.54, 1.807) is 7.11 Å². The molecule has 0 aliphatic carbocycles. The van der Waals surface area contributed by atoms with E-state index in [1.165, 1.54) is 5.56 Å². The number of benzene rings is 1. The Morgan fingerprint density at radius 1 is 1.12 bits per heavy atom. The van der Waals surface area contributed by atoms with Crippen LogP contribution in [0.1, 0.15) is 25.3 Å². The number of piperazine rings is 1. The molecule has 0 bridgehead atoms. The van der Waals surface area contributed by atoms with Crippen molar-refractivity contribution in [2.45, 2.75) is 24.7 Å². The van der Waals surface area contributed by atoms with Crippen LogP contribution in [0.2, 0.25) is 0 Å². The van der Waals surface area contributed by atoms with Crippen LogP contribution in [0.15, 0.2) is 34.2 Å². The summed E-state index contributed by atoms with van der Waals surface area (Å²) in [5.41, 5.74) is 1.27. The van der Waals surface area contributed by atoms with E-state index < -0.39 is 11.0 Å². The molecule has 1 unspecified atom stereocenters. The molecule has 1 atom stereocenters. The lowest BCUT2D eigenvalue weighted by Crippen LogP contribution is -2.53. The van der Waals surface area contributed by atoms with Crippen molar-refractivity contribution in [3.05, 3.63) is 29.8 Å². The molecule has 7 heteroatoms. The number of methoxy groups -OCH3 is 1. The van der Waals surface area contributed by atoms with Crippen molar-refractivity contribution in [2.24, 2.45) is 4.99 Å². The van der Waals surface area contributed by atoms with E-state index in [0.717, 1.165) is 63.3 Å². The van der Waals surface area contributed by atoms with Crippen LogP contribution in [0.5, 0.6) is 0 Å². The highest BCUT2D eigenvalue weighted by atomic mass is 32.2. The Balaban J connectivity index is 1.62. The predicted octanol–water partition coefficient (Wildman–Crippen LogP) is 1.77. The summed E-state index contributed by atoms with van der Waals surface area (Å²) in [4.78, 5) is 10.2. The first-order valence-electron chi connectivity index (χ1n) is 9.40. The molecule has 0 aromatic heterocycles. The first kappa shape index (κ1) is 19.3. The lowest BCUT2D eigenvalue weighted by atomic mass is 10.0. The highest BCUT2D eigenvalue weighted by molar-refractivity contribution is 7.83. The van der Waals surface area contributed by atoms with Gasteiger partial charge in [0.1, 0.15) is 0 Å². The molecule has 3 rings (SSSR count). The molecule has 2 aliphatic rings. The fraction of sp³-hybridized carbons (Fsp3) is 0.632. The molecule has 144 valence electrons. The van der Waals surface area contributed by atoms with Crippen LogP contribution in [0, 0.1) is 0 Å². The Hall–Kier alpha value is -1.44. The Bertz CT molecular complexity index is 639. The topological polar surface area (TPSA) is 48.4 Å². The number of ether oxygens (including phenoxy) is 1. The van der Waals surface area contributed by atoms with Gasteiger partial charge in [0.05, 0.1) is 24.6 Å². The SMILES string of the molecule is COCCN1CCN(C2=NCCN2S(=O)c2ccc(C(C)C)cc2)CC1. The van der Waals surface area contributed by atoms with E-state index in [1.807, 2.05) is 16.4 Å². The molecule has 1 fully saturated rings. The first-order valence-corrected chi connectivity index (χ1v) is 10.5. The molecule has 6 nitrogen and oxygen atoms in total. The minimum Gasteiger partial charge on any atom is -0.383 e. The number of nitrogens with zero attached hydrogens (tertiary/aromatic N) is 4. The average Bonchev–Trinajstić information content (AvgIpc) is 3.16. The standard InChI is InChI=1S/C19H30N4O2S/c1-16(2)17-4-6-18(7-5-17)26(24)23-9-8-20-19(23)22-12-10-21(11-13-22)14-15-25-3/h4-7,16H,8-15H2,1-3H3. The molecule has 0 radical (unpaired) electrons. The Morgan fingerprint density at radius 2 is 1.81 bits per heavy atom. The largest absolute Gasteiger partial charge is 0.383 e. The zero-order valence-electron chi connectivity index (χ0n) is 16.1. The molecule has 0 spiro atoms. The molecule has 0 amide bonds. The monoisotopic (exact) mass is 378 g/mol. The van der Waals surface area contributed by atoms with Gasteiger partial charge in [-0.3, -0.25) is 14.2 Å². The molecule has 2 aliphatic heterocycles. The summed E-state index contributed by atoms with van der Waals surface area (Å²) < 4.78 is 20.2. The second kappa shape index (κ2) is 8.97. The predicted molar refractivity (Wildman–Crippen MR) is 106 cm³/mol. The molecule has 0 N–H and O–H groups in total. The Morgan fingerprint density at radius 3 is 2.42 bits per heavy atom. The van der Waals surface area contributed by atoms with Crippen molar-refractivity contribution in [1.29, 1.82) is 0 Å². The third-order valence-electron chi connectivity index (χ3n) is 4.99. The number of aliphatic imine (C=N–C) groups is 1. The molecule has 1 aromatic rings. The Labute approximate surface area is 159 Å². The lowest BCUT2D eigenvalue weighted by Gasteiger charge is -2.37. The fourth-order valence-electron chi connectivity index (χ4n) is 3.32. The van der Waals surface area contributed by atoms with Crippen molar-refractivity contribution >= 4 is 16.9 Å². The smallest absolute Gasteiger partial charge is 0.209 e. The summed E-state index contributed by atoms with van der Waals surface area (Å²) in [6.07, 6.45) is 0. The van der Waals surface area contributed by atoms with Crippen molar-refractivity contribution in [3.8, 4) is 0 Å². The minimum atomic E-state index is -1.20. The van der Waals surface area contributed by atoms with Gasteiger partial charge in [-0.25, -0.2) is 4.21 Å². The van der Waals surface area contributed by atoms with Gasteiger partial charge < -0.3 is 9.64 Å². The molecule has 26 heavy (non-hydrogen) atoms. The summed E-state index contributed by atoms with van der Waals surface area (Å²) in [6.45, 7) is 11.3. The van der Waals surface area contributed by atoms with Gasteiger partial charge in [0, 0.05) is 39.8 Å². The van der Waals surface area contributed by atoms with E-state index in [4.69, 9.17) is 4.74 Å². The Kier molecular flexibility index (Phi) is 6.67. The fourth-order valence-corrected chi connectivity index (χ4v) is 4.52. The van der Waals surface area contributed by atoms with Gasteiger partial charge in [-0.05, 0) is 23.6 Å². The van der Waals surface area contributed by atoms with E-state index in [0.29, 0.717) is 5.92 Å². The van der Waals surface area contributed by atoms with Gasteiger partial charge >= 0.3 is 0 Å². The summed E-state index contributed by atoms with van der Waals surface area (Å²) in [5, 5.41) is 0. The second-order valence-electron chi connectivity index (χ2n) is 7.08. The maximum atomic E-state index is 13.1. The van der Waals surface area contributed by atoms with E-state index >= 15 is 0 Å². The van der Waals surface area contributed by atoms with Crippen LogP contribution in [-0.2, 0) is 15.7 Å². The average molecular weight is 379 g/mol. The molecular formula is C19H30N4O2S. The van der Waals surface area contributed by atoms with Crippen LogP contribution in [0.3, 0.4) is 0 Å². The summed E-state index contributed by atoms with van der Waals surface area (Å²) >= 11 is 0. The van der Waals surface area contributed by atoms with E-state index in [-0.39, 0.29) is 0 Å². The molecule has 2 heterocycles. The zero-order chi connectivity index (χ0) is 18.5.